The summed E-state index contributed by atoms with van der Waals surface area (Å²) in [5.41, 5.74) is 15.6. The molecule has 0 radical (unpaired) electrons. The van der Waals surface area contributed by atoms with Gasteiger partial charge in [-0.25, -0.2) is 9.97 Å². The van der Waals surface area contributed by atoms with Crippen LogP contribution in [0, 0.1) is 0 Å². The summed E-state index contributed by atoms with van der Waals surface area (Å²) < 4.78 is 4.81. The molecule has 3 heterocycles. The first kappa shape index (κ1) is 35.6. The maximum atomic E-state index is 5.32. The number of hydrogen-bond acceptors (Lipinski definition) is 2. The molecule has 290 valence electrons. The van der Waals surface area contributed by atoms with Crippen molar-refractivity contribution in [2.45, 2.75) is 0 Å². The molecule has 4 nitrogen and oxygen atoms in total. The van der Waals surface area contributed by atoms with Crippen molar-refractivity contribution in [3.05, 3.63) is 231 Å². The molecule has 12 aromatic rings. The maximum Gasteiger partial charge on any atom is 0.162 e. The lowest BCUT2D eigenvalue weighted by Crippen LogP contribution is -2.02. The van der Waals surface area contributed by atoms with Crippen molar-refractivity contribution in [3.63, 3.8) is 0 Å². The topological polar surface area (TPSA) is 35.6 Å². The lowest BCUT2D eigenvalue weighted by Gasteiger charge is -2.17. The Balaban J connectivity index is 1.13. The summed E-state index contributed by atoms with van der Waals surface area (Å²) in [7, 11) is 0. The van der Waals surface area contributed by atoms with E-state index < -0.39 is 0 Å². The Morgan fingerprint density at radius 3 is 1.34 bits per heavy atom. The van der Waals surface area contributed by atoms with Crippen LogP contribution in [0.25, 0.3) is 111 Å². The summed E-state index contributed by atoms with van der Waals surface area (Å²) in [6.45, 7) is 0. The highest BCUT2D eigenvalue weighted by Gasteiger charge is 2.22. The van der Waals surface area contributed by atoms with Crippen LogP contribution in [-0.4, -0.2) is 19.1 Å². The Labute approximate surface area is 359 Å². The highest BCUT2D eigenvalue weighted by molar-refractivity contribution is 6.19. The van der Waals surface area contributed by atoms with Crippen molar-refractivity contribution in [2.24, 2.45) is 0 Å². The number of aromatic nitrogens is 4. The van der Waals surface area contributed by atoms with E-state index in [2.05, 4.69) is 215 Å². The summed E-state index contributed by atoms with van der Waals surface area (Å²) in [6.07, 6.45) is 0. The molecule has 0 spiro atoms. The van der Waals surface area contributed by atoms with Crippen LogP contribution in [0.1, 0.15) is 0 Å². The van der Waals surface area contributed by atoms with Gasteiger partial charge in [-0.3, -0.25) is 4.57 Å². The van der Waals surface area contributed by atoms with Gasteiger partial charge >= 0.3 is 0 Å². The fourth-order valence-corrected chi connectivity index (χ4v) is 9.20. The monoisotopic (exact) mass is 790 g/mol. The van der Waals surface area contributed by atoms with Gasteiger partial charge in [-0.2, -0.15) is 0 Å². The average molecular weight is 791 g/mol. The first-order valence-electron chi connectivity index (χ1n) is 21.1. The van der Waals surface area contributed by atoms with E-state index in [9.17, 15) is 0 Å². The normalized spacial score (nSPS) is 11.5. The molecule has 0 saturated carbocycles. The van der Waals surface area contributed by atoms with Crippen molar-refractivity contribution in [3.8, 4) is 67.5 Å². The van der Waals surface area contributed by atoms with Crippen LogP contribution < -0.4 is 0 Å². The smallest absolute Gasteiger partial charge is 0.162 e. The van der Waals surface area contributed by atoms with Crippen molar-refractivity contribution in [2.75, 3.05) is 0 Å². The van der Waals surface area contributed by atoms with E-state index in [0.717, 1.165) is 72.3 Å². The largest absolute Gasteiger partial charge is 0.309 e. The Bertz CT molecular complexity index is 3530. The summed E-state index contributed by atoms with van der Waals surface area (Å²) in [6, 6.07) is 82.3. The van der Waals surface area contributed by atoms with E-state index >= 15 is 0 Å². The quantitative estimate of drug-likeness (QED) is 0.161. The predicted molar refractivity (Wildman–Crippen MR) is 258 cm³/mol. The van der Waals surface area contributed by atoms with Crippen LogP contribution in [0.15, 0.2) is 231 Å². The van der Waals surface area contributed by atoms with Crippen molar-refractivity contribution in [1.29, 1.82) is 0 Å². The minimum absolute atomic E-state index is 0.688. The van der Waals surface area contributed by atoms with E-state index in [1.54, 1.807) is 0 Å². The Morgan fingerprint density at radius 2 is 0.726 bits per heavy atom. The van der Waals surface area contributed by atoms with Gasteiger partial charge in [0.25, 0.3) is 0 Å². The average Bonchev–Trinajstić information content (AvgIpc) is 3.86. The van der Waals surface area contributed by atoms with E-state index in [-0.39, 0.29) is 0 Å². The second kappa shape index (κ2) is 14.7. The third-order valence-electron chi connectivity index (χ3n) is 12.2. The lowest BCUT2D eigenvalue weighted by atomic mass is 9.96. The zero-order valence-corrected chi connectivity index (χ0v) is 33.7. The fourth-order valence-electron chi connectivity index (χ4n) is 9.20. The molecule has 0 atom stereocenters. The molecule has 12 rings (SSSR count). The van der Waals surface area contributed by atoms with Crippen LogP contribution in [0.4, 0.5) is 0 Å². The van der Waals surface area contributed by atoms with Gasteiger partial charge in [0, 0.05) is 44.3 Å². The van der Waals surface area contributed by atoms with Gasteiger partial charge in [0.15, 0.2) is 5.82 Å². The molecule has 3 aromatic heterocycles. The van der Waals surface area contributed by atoms with E-state index in [0.29, 0.717) is 5.82 Å². The molecule has 0 fully saturated rings. The Morgan fingerprint density at radius 1 is 0.274 bits per heavy atom. The van der Waals surface area contributed by atoms with E-state index in [1.165, 1.54) is 33.0 Å². The van der Waals surface area contributed by atoms with Crippen LogP contribution in [0.5, 0.6) is 0 Å². The third-order valence-corrected chi connectivity index (χ3v) is 12.2. The zero-order valence-electron chi connectivity index (χ0n) is 33.7. The number of hydrogen-bond donors (Lipinski definition) is 0. The standard InChI is InChI=1S/C58H38N4/c1-5-17-39(18-6-1)41-29-31-42(32-30-41)46-34-33-45(40-19-7-2-8-20-40)35-54(46)61-52-27-15-13-25-47(52)49-37-56-50(36-55(49)61)48-26-14-16-28-53(48)62(56)57-38-51(43-21-9-3-10-22-43)59-58(60-57)44-23-11-4-12-24-44/h1-38H. The van der Waals surface area contributed by atoms with Gasteiger partial charge in [0.1, 0.15) is 5.82 Å². The minimum Gasteiger partial charge on any atom is -0.309 e. The molecule has 0 amide bonds. The number of para-hydroxylation sites is 2. The molecule has 0 aliphatic rings. The molecule has 0 bridgehead atoms. The fraction of sp³-hybridized carbons (Fsp3) is 0. The molecular formula is C58H38N4. The molecule has 0 unspecified atom stereocenters. The highest BCUT2D eigenvalue weighted by atomic mass is 15.1. The van der Waals surface area contributed by atoms with Crippen LogP contribution >= 0.6 is 0 Å². The summed E-state index contributed by atoms with van der Waals surface area (Å²) in [4.78, 5) is 10.4. The molecule has 0 aliphatic heterocycles. The Kier molecular flexibility index (Phi) is 8.46. The second-order valence-electron chi connectivity index (χ2n) is 15.8. The van der Waals surface area contributed by atoms with Gasteiger partial charge in [-0.15, -0.1) is 0 Å². The molecule has 4 heteroatoms. The highest BCUT2D eigenvalue weighted by Crippen LogP contribution is 2.42. The predicted octanol–water partition coefficient (Wildman–Crippen LogP) is 15.0. The van der Waals surface area contributed by atoms with Gasteiger partial charge in [-0.05, 0) is 58.1 Å². The lowest BCUT2D eigenvalue weighted by molar-refractivity contribution is 1.05. The molecule has 0 aliphatic carbocycles. The van der Waals surface area contributed by atoms with Crippen LogP contribution in [0.2, 0.25) is 0 Å². The first-order chi connectivity index (χ1) is 30.7. The summed E-state index contributed by atoms with van der Waals surface area (Å²) in [5.74, 6) is 1.51. The molecule has 9 aromatic carbocycles. The number of rotatable bonds is 7. The van der Waals surface area contributed by atoms with Gasteiger partial charge in [0.05, 0.1) is 33.4 Å². The second-order valence-corrected chi connectivity index (χ2v) is 15.8. The van der Waals surface area contributed by atoms with Crippen molar-refractivity contribution >= 4 is 43.6 Å². The third kappa shape index (κ3) is 6.00. The SMILES string of the molecule is c1ccc(-c2ccc(-c3ccc(-c4ccccc4)cc3-n3c4ccccc4c4cc5c(cc43)c3ccccc3n5-c3cc(-c4ccccc4)nc(-c4ccccc4)n3)cc2)cc1. The van der Waals surface area contributed by atoms with Gasteiger partial charge in [0.2, 0.25) is 0 Å². The van der Waals surface area contributed by atoms with Crippen molar-refractivity contribution in [1.82, 2.24) is 19.1 Å². The number of nitrogens with zero attached hydrogens (tertiary/aromatic N) is 4. The molecular weight excluding hydrogens is 753 g/mol. The Hall–Kier alpha value is -8.34. The summed E-state index contributed by atoms with van der Waals surface area (Å²) in [5, 5.41) is 4.69. The van der Waals surface area contributed by atoms with Gasteiger partial charge in [-0.1, -0.05) is 194 Å². The zero-order chi connectivity index (χ0) is 41.0. The molecule has 0 N–H and O–H groups in total. The van der Waals surface area contributed by atoms with Crippen LogP contribution in [-0.2, 0) is 0 Å². The number of benzene rings is 9. The van der Waals surface area contributed by atoms with Crippen molar-refractivity contribution < 1.29 is 0 Å². The minimum atomic E-state index is 0.688. The van der Waals surface area contributed by atoms with Crippen LogP contribution in [0.3, 0.4) is 0 Å². The van der Waals surface area contributed by atoms with E-state index in [4.69, 9.17) is 9.97 Å². The maximum absolute atomic E-state index is 5.32. The number of fused-ring (bicyclic) bond motifs is 6. The molecule has 0 saturated heterocycles. The molecule has 62 heavy (non-hydrogen) atoms. The first-order valence-corrected chi connectivity index (χ1v) is 21.1. The summed E-state index contributed by atoms with van der Waals surface area (Å²) >= 11 is 0. The van der Waals surface area contributed by atoms with Gasteiger partial charge < -0.3 is 4.57 Å². The van der Waals surface area contributed by atoms with E-state index in [1.807, 2.05) is 24.3 Å².